The number of ether oxygens (including phenoxy) is 1. The van der Waals surface area contributed by atoms with Crippen LogP contribution < -0.4 is 4.74 Å². The lowest BCUT2D eigenvalue weighted by Gasteiger charge is -2.38. The summed E-state index contributed by atoms with van der Waals surface area (Å²) < 4.78 is 13.4. The molecule has 58 heavy (non-hydrogen) atoms. The van der Waals surface area contributed by atoms with Crippen LogP contribution in [0.5, 0.6) is 5.75 Å². The van der Waals surface area contributed by atoms with E-state index in [-0.39, 0.29) is 0 Å². The summed E-state index contributed by atoms with van der Waals surface area (Å²) in [5.74, 6) is 2.79. The van der Waals surface area contributed by atoms with Gasteiger partial charge in [0.2, 0.25) is 0 Å². The van der Waals surface area contributed by atoms with E-state index in [1.165, 1.54) is 5.56 Å². The number of fused-ring (bicyclic) bond motifs is 6. The molecule has 1 aliphatic heterocycles. The van der Waals surface area contributed by atoms with Crippen LogP contribution in [0.4, 0.5) is 0 Å². The van der Waals surface area contributed by atoms with E-state index in [1.54, 1.807) is 0 Å². The molecule has 0 spiro atoms. The molecule has 0 amide bonds. The zero-order chi connectivity index (χ0) is 38.6. The van der Waals surface area contributed by atoms with Crippen molar-refractivity contribution < 1.29 is 9.15 Å². The molecule has 11 rings (SSSR count). The van der Waals surface area contributed by atoms with E-state index in [2.05, 4.69) is 134 Å². The Morgan fingerprint density at radius 3 is 1.59 bits per heavy atom. The minimum absolute atomic E-state index is 0.616. The van der Waals surface area contributed by atoms with Crippen molar-refractivity contribution >= 4 is 21.9 Å². The lowest BCUT2D eigenvalue weighted by molar-refractivity contribution is 0.129. The van der Waals surface area contributed by atoms with Crippen LogP contribution in [-0.2, 0) is 5.60 Å². The maximum Gasteiger partial charge on any atom is 0.164 e. The molecule has 0 bridgehead atoms. The molecular formula is C53H35N3O2. The van der Waals surface area contributed by atoms with Gasteiger partial charge in [0.1, 0.15) is 16.9 Å². The highest BCUT2D eigenvalue weighted by molar-refractivity contribution is 6.07. The molecule has 0 saturated carbocycles. The highest BCUT2D eigenvalue weighted by Gasteiger charge is 2.38. The van der Waals surface area contributed by atoms with Gasteiger partial charge in [0.15, 0.2) is 23.1 Å². The van der Waals surface area contributed by atoms with Crippen molar-refractivity contribution in [2.75, 3.05) is 0 Å². The predicted molar refractivity (Wildman–Crippen MR) is 233 cm³/mol. The first kappa shape index (κ1) is 33.7. The molecule has 3 heterocycles. The smallest absolute Gasteiger partial charge is 0.164 e. The summed E-state index contributed by atoms with van der Waals surface area (Å²) in [4.78, 5) is 14.7. The zero-order valence-electron chi connectivity index (χ0n) is 31.6. The highest BCUT2D eigenvalue weighted by Crippen LogP contribution is 2.49. The van der Waals surface area contributed by atoms with Crippen LogP contribution in [0.2, 0.25) is 0 Å². The summed E-state index contributed by atoms with van der Waals surface area (Å²) >= 11 is 0. The number of rotatable bonds is 6. The highest BCUT2D eigenvalue weighted by atomic mass is 16.5. The Kier molecular flexibility index (Phi) is 7.86. The lowest BCUT2D eigenvalue weighted by Crippen LogP contribution is -2.34. The molecular weight excluding hydrogens is 711 g/mol. The van der Waals surface area contributed by atoms with Gasteiger partial charge in [-0.25, -0.2) is 15.0 Å². The molecule has 5 heteroatoms. The molecule has 0 radical (unpaired) electrons. The van der Waals surface area contributed by atoms with E-state index < -0.39 is 5.60 Å². The summed E-state index contributed by atoms with van der Waals surface area (Å²) in [6, 6.07) is 67.0. The number of benzene rings is 8. The fourth-order valence-corrected chi connectivity index (χ4v) is 8.27. The second-order valence-corrected chi connectivity index (χ2v) is 14.9. The minimum atomic E-state index is -0.616. The molecule has 10 aromatic rings. The average Bonchev–Trinajstić information content (AvgIpc) is 3.67. The van der Waals surface area contributed by atoms with E-state index in [0.717, 1.165) is 83.3 Å². The molecule has 2 aromatic heterocycles. The second kappa shape index (κ2) is 13.5. The van der Waals surface area contributed by atoms with Crippen molar-refractivity contribution in [1.82, 2.24) is 15.0 Å². The molecule has 8 aromatic carbocycles. The van der Waals surface area contributed by atoms with Gasteiger partial charge in [-0.1, -0.05) is 164 Å². The quantitative estimate of drug-likeness (QED) is 0.170. The fraction of sp³-hybridized carbons (Fsp3) is 0.0377. The molecule has 1 unspecified atom stereocenters. The third kappa shape index (κ3) is 5.75. The van der Waals surface area contributed by atoms with E-state index in [9.17, 15) is 0 Å². The molecule has 1 aliphatic rings. The monoisotopic (exact) mass is 745 g/mol. The first-order chi connectivity index (χ1) is 28.6. The van der Waals surface area contributed by atoms with Gasteiger partial charge in [-0.3, -0.25) is 0 Å². The number of nitrogens with zero attached hydrogens (tertiary/aromatic N) is 3. The minimum Gasteiger partial charge on any atom is -0.477 e. The second-order valence-electron chi connectivity index (χ2n) is 14.9. The molecule has 5 nitrogen and oxygen atoms in total. The van der Waals surface area contributed by atoms with Crippen LogP contribution in [0.1, 0.15) is 18.1 Å². The van der Waals surface area contributed by atoms with Gasteiger partial charge in [-0.2, -0.15) is 0 Å². The number of aromatic nitrogens is 3. The molecule has 1 atom stereocenters. The van der Waals surface area contributed by atoms with Crippen LogP contribution in [0.3, 0.4) is 0 Å². The fourth-order valence-electron chi connectivity index (χ4n) is 8.27. The largest absolute Gasteiger partial charge is 0.477 e. The summed E-state index contributed by atoms with van der Waals surface area (Å²) in [5, 5.41) is 2.15. The Labute approximate surface area is 335 Å². The number of hydrogen-bond acceptors (Lipinski definition) is 5. The van der Waals surface area contributed by atoms with E-state index >= 15 is 0 Å². The Morgan fingerprint density at radius 2 is 0.897 bits per heavy atom. The van der Waals surface area contributed by atoms with Gasteiger partial charge < -0.3 is 9.15 Å². The van der Waals surface area contributed by atoms with Crippen molar-refractivity contribution in [3.63, 3.8) is 0 Å². The number of hydrogen-bond donors (Lipinski definition) is 0. The van der Waals surface area contributed by atoms with E-state index in [4.69, 9.17) is 24.1 Å². The van der Waals surface area contributed by atoms with Crippen LogP contribution >= 0.6 is 0 Å². The summed E-state index contributed by atoms with van der Waals surface area (Å²) in [6.07, 6.45) is 0. The molecule has 0 N–H and O–H groups in total. The first-order valence-electron chi connectivity index (χ1n) is 19.5. The van der Waals surface area contributed by atoms with Crippen molar-refractivity contribution in [2.24, 2.45) is 0 Å². The zero-order valence-corrected chi connectivity index (χ0v) is 31.6. The van der Waals surface area contributed by atoms with Gasteiger partial charge >= 0.3 is 0 Å². The van der Waals surface area contributed by atoms with Crippen molar-refractivity contribution in [1.29, 1.82) is 0 Å². The molecule has 274 valence electrons. The van der Waals surface area contributed by atoms with Crippen molar-refractivity contribution in [3.8, 4) is 73.3 Å². The number of furan rings is 1. The first-order valence-corrected chi connectivity index (χ1v) is 19.5. The Balaban J connectivity index is 0.914. The average molecular weight is 746 g/mol. The molecule has 0 aliphatic carbocycles. The maximum absolute atomic E-state index is 6.93. The molecule has 0 fully saturated rings. The van der Waals surface area contributed by atoms with Crippen LogP contribution in [-0.4, -0.2) is 15.0 Å². The maximum atomic E-state index is 6.93. The van der Waals surface area contributed by atoms with E-state index in [1.807, 2.05) is 66.7 Å². The predicted octanol–water partition coefficient (Wildman–Crippen LogP) is 13.4. The van der Waals surface area contributed by atoms with Crippen LogP contribution in [0.15, 0.2) is 199 Å². The van der Waals surface area contributed by atoms with Crippen molar-refractivity contribution in [3.05, 3.63) is 205 Å². The summed E-state index contributed by atoms with van der Waals surface area (Å²) in [6.45, 7) is 2.17. The Hall–Kier alpha value is -7.63. The van der Waals surface area contributed by atoms with Gasteiger partial charge in [0, 0.05) is 38.6 Å². The third-order valence-electron chi connectivity index (χ3n) is 11.3. The Bertz CT molecular complexity index is 3080. The third-order valence-corrected chi connectivity index (χ3v) is 11.3. The van der Waals surface area contributed by atoms with Gasteiger partial charge in [0.05, 0.1) is 0 Å². The Morgan fingerprint density at radius 1 is 0.379 bits per heavy atom. The standard InChI is InChI=1S/C53H35N3O2/c1-53(41-17-9-4-10-18-41)46-20-12-11-19-42(46)43-28-25-40(33-49(43)58-53)39-26-29-44-45-31-38(27-30-47(45)57-48(44)32-39)34-21-23-37(24-22-34)52-55-50(35-13-5-2-6-14-35)54-51(56-52)36-15-7-3-8-16-36/h2-33H,1H3. The van der Waals surface area contributed by atoms with Gasteiger partial charge in [0.25, 0.3) is 0 Å². The van der Waals surface area contributed by atoms with Crippen molar-refractivity contribution in [2.45, 2.75) is 12.5 Å². The topological polar surface area (TPSA) is 61.0 Å². The SMILES string of the molecule is CC1(c2ccccc2)Oc2cc(-c3ccc4c(c3)oc3ccc(-c5ccc(-c6nc(-c7ccccc7)nc(-c7ccccc7)n6)cc5)cc34)ccc2-c2ccccc21. The van der Waals surface area contributed by atoms with Gasteiger partial charge in [-0.15, -0.1) is 0 Å². The normalized spacial score (nSPS) is 14.5. The summed E-state index contributed by atoms with van der Waals surface area (Å²) in [7, 11) is 0. The lowest BCUT2D eigenvalue weighted by atomic mass is 9.80. The van der Waals surface area contributed by atoms with Crippen LogP contribution in [0, 0.1) is 0 Å². The van der Waals surface area contributed by atoms with Crippen LogP contribution in [0.25, 0.3) is 89.5 Å². The van der Waals surface area contributed by atoms with Gasteiger partial charge in [-0.05, 0) is 70.6 Å². The molecule has 0 saturated heterocycles. The van der Waals surface area contributed by atoms with E-state index in [0.29, 0.717) is 17.5 Å². The summed E-state index contributed by atoms with van der Waals surface area (Å²) in [5.41, 5.74) is 12.8.